The lowest BCUT2D eigenvalue weighted by atomic mass is 10.1. The quantitative estimate of drug-likeness (QED) is 0.446. The Hall–Kier alpha value is -2.82. The van der Waals surface area contributed by atoms with Crippen LogP contribution >= 0.6 is 0 Å². The van der Waals surface area contributed by atoms with Gasteiger partial charge in [-0.05, 0) is 48.4 Å². The van der Waals surface area contributed by atoms with Crippen LogP contribution in [0.15, 0.2) is 42.5 Å². The zero-order valence-electron chi connectivity index (χ0n) is 13.1. The van der Waals surface area contributed by atoms with Crippen LogP contribution in [-0.2, 0) is 11.2 Å². The van der Waals surface area contributed by atoms with Crippen LogP contribution in [0.3, 0.4) is 0 Å². The maximum absolute atomic E-state index is 11.9. The molecule has 5 nitrogen and oxygen atoms in total. The van der Waals surface area contributed by atoms with Crippen molar-refractivity contribution in [3.63, 3.8) is 0 Å². The number of benzene rings is 2. The molecule has 0 N–H and O–H groups in total. The summed E-state index contributed by atoms with van der Waals surface area (Å²) in [7, 11) is 3.14. The fourth-order valence-corrected chi connectivity index (χ4v) is 2.08. The van der Waals surface area contributed by atoms with Gasteiger partial charge in [0.15, 0.2) is 11.5 Å². The number of esters is 1. The second-order valence-electron chi connectivity index (χ2n) is 4.85. The standard InChI is InChI=1S/C18H18O5/c1-21-16-9-5-13(11-17(16)22-2)6-10-18(20)23-15-7-3-14(12-19)4-8-15/h3-5,7-9,11-12H,6,10H2,1-2H3. The molecular formula is C18H18O5. The SMILES string of the molecule is COc1ccc(CCC(=O)Oc2ccc(C=O)cc2)cc1OC. The van der Waals surface area contributed by atoms with Gasteiger partial charge in [-0.2, -0.15) is 0 Å². The zero-order chi connectivity index (χ0) is 16.7. The number of hydrogen-bond donors (Lipinski definition) is 0. The Morgan fingerprint density at radius 3 is 2.30 bits per heavy atom. The van der Waals surface area contributed by atoms with Gasteiger partial charge in [0.25, 0.3) is 0 Å². The molecule has 0 spiro atoms. The number of ether oxygens (including phenoxy) is 3. The molecule has 23 heavy (non-hydrogen) atoms. The largest absolute Gasteiger partial charge is 0.493 e. The van der Waals surface area contributed by atoms with Crippen molar-refractivity contribution in [2.75, 3.05) is 14.2 Å². The molecule has 0 aromatic heterocycles. The minimum atomic E-state index is -0.335. The molecule has 0 atom stereocenters. The third kappa shape index (κ3) is 4.57. The van der Waals surface area contributed by atoms with Crippen LogP contribution in [0, 0.1) is 0 Å². The summed E-state index contributed by atoms with van der Waals surface area (Å²) in [4.78, 5) is 22.4. The first-order chi connectivity index (χ1) is 11.2. The minimum absolute atomic E-state index is 0.241. The lowest BCUT2D eigenvalue weighted by Gasteiger charge is -2.09. The van der Waals surface area contributed by atoms with Gasteiger partial charge >= 0.3 is 5.97 Å². The monoisotopic (exact) mass is 314 g/mol. The molecule has 120 valence electrons. The first kappa shape index (κ1) is 16.5. The first-order valence-electron chi connectivity index (χ1n) is 7.13. The number of carbonyl (C=O) groups is 2. The molecule has 0 saturated heterocycles. The van der Waals surface area contributed by atoms with Crippen LogP contribution < -0.4 is 14.2 Å². The molecule has 0 amide bonds. The number of carbonyl (C=O) groups excluding carboxylic acids is 2. The Kier molecular flexibility index (Phi) is 5.74. The normalized spacial score (nSPS) is 10.0. The van der Waals surface area contributed by atoms with Gasteiger partial charge < -0.3 is 14.2 Å². The van der Waals surface area contributed by atoms with Crippen LogP contribution in [0.25, 0.3) is 0 Å². The molecule has 0 radical (unpaired) electrons. The van der Waals surface area contributed by atoms with Crippen LogP contribution in [0.5, 0.6) is 17.2 Å². The fraction of sp³-hybridized carbons (Fsp3) is 0.222. The molecule has 2 rings (SSSR count). The van der Waals surface area contributed by atoms with Crippen molar-refractivity contribution in [2.24, 2.45) is 0 Å². The van der Waals surface area contributed by atoms with Gasteiger partial charge in [-0.25, -0.2) is 0 Å². The summed E-state index contributed by atoms with van der Waals surface area (Å²) in [6.07, 6.45) is 1.51. The molecular weight excluding hydrogens is 296 g/mol. The van der Waals surface area contributed by atoms with Gasteiger partial charge in [0.1, 0.15) is 12.0 Å². The van der Waals surface area contributed by atoms with E-state index in [1.165, 1.54) is 0 Å². The summed E-state index contributed by atoms with van der Waals surface area (Å²) in [6, 6.07) is 11.9. The maximum Gasteiger partial charge on any atom is 0.311 e. The summed E-state index contributed by atoms with van der Waals surface area (Å²) < 4.78 is 15.6. The summed E-state index contributed by atoms with van der Waals surface area (Å²) in [5.41, 5.74) is 1.49. The van der Waals surface area contributed by atoms with Crippen molar-refractivity contribution in [3.8, 4) is 17.2 Å². The Morgan fingerprint density at radius 2 is 1.70 bits per heavy atom. The van der Waals surface area contributed by atoms with E-state index in [0.29, 0.717) is 29.2 Å². The van der Waals surface area contributed by atoms with Gasteiger partial charge in [0.2, 0.25) is 0 Å². The topological polar surface area (TPSA) is 61.8 Å². The van der Waals surface area contributed by atoms with Crippen molar-refractivity contribution in [1.29, 1.82) is 0 Å². The van der Waals surface area contributed by atoms with Crippen LogP contribution in [-0.4, -0.2) is 26.5 Å². The summed E-state index contributed by atoms with van der Waals surface area (Å²) >= 11 is 0. The minimum Gasteiger partial charge on any atom is -0.493 e. The highest BCUT2D eigenvalue weighted by atomic mass is 16.5. The second-order valence-corrected chi connectivity index (χ2v) is 4.85. The molecule has 5 heteroatoms. The molecule has 0 aliphatic carbocycles. The van der Waals surface area contributed by atoms with E-state index < -0.39 is 0 Å². The van der Waals surface area contributed by atoms with Crippen molar-refractivity contribution in [3.05, 3.63) is 53.6 Å². The van der Waals surface area contributed by atoms with Gasteiger partial charge in [-0.1, -0.05) is 6.07 Å². The summed E-state index contributed by atoms with van der Waals surface area (Å²) in [5, 5.41) is 0. The van der Waals surface area contributed by atoms with E-state index in [2.05, 4.69) is 0 Å². The van der Waals surface area contributed by atoms with E-state index in [1.807, 2.05) is 12.1 Å². The number of aryl methyl sites for hydroxylation is 1. The molecule has 0 heterocycles. The Morgan fingerprint density at radius 1 is 1.00 bits per heavy atom. The molecule has 0 aliphatic heterocycles. The van der Waals surface area contributed by atoms with Crippen molar-refractivity contribution < 1.29 is 23.8 Å². The number of rotatable bonds is 7. The van der Waals surface area contributed by atoms with Crippen molar-refractivity contribution >= 4 is 12.3 Å². The highest BCUT2D eigenvalue weighted by molar-refractivity contribution is 5.76. The highest BCUT2D eigenvalue weighted by Gasteiger charge is 2.08. The number of aldehydes is 1. The number of hydrogen-bond acceptors (Lipinski definition) is 5. The Labute approximate surface area is 134 Å². The van der Waals surface area contributed by atoms with Gasteiger partial charge in [-0.3, -0.25) is 9.59 Å². The van der Waals surface area contributed by atoms with Gasteiger partial charge in [0.05, 0.1) is 14.2 Å². The first-order valence-corrected chi connectivity index (χ1v) is 7.13. The van der Waals surface area contributed by atoms with E-state index in [-0.39, 0.29) is 12.4 Å². The molecule has 0 saturated carbocycles. The average Bonchev–Trinajstić information content (AvgIpc) is 2.60. The maximum atomic E-state index is 11.9. The predicted molar refractivity (Wildman–Crippen MR) is 85.3 cm³/mol. The Bertz CT molecular complexity index is 676. The second kappa shape index (κ2) is 7.98. The van der Waals surface area contributed by atoms with E-state index in [1.54, 1.807) is 44.6 Å². The highest BCUT2D eigenvalue weighted by Crippen LogP contribution is 2.28. The Balaban J connectivity index is 1.92. The average molecular weight is 314 g/mol. The van der Waals surface area contributed by atoms with Gasteiger partial charge in [-0.15, -0.1) is 0 Å². The zero-order valence-corrected chi connectivity index (χ0v) is 13.1. The molecule has 0 unspecified atom stereocenters. The molecule has 0 fully saturated rings. The van der Waals surface area contributed by atoms with Gasteiger partial charge in [0, 0.05) is 12.0 Å². The third-order valence-electron chi connectivity index (χ3n) is 3.31. The van der Waals surface area contributed by atoms with E-state index in [4.69, 9.17) is 14.2 Å². The van der Waals surface area contributed by atoms with E-state index in [9.17, 15) is 9.59 Å². The summed E-state index contributed by atoms with van der Waals surface area (Å²) in [6.45, 7) is 0. The van der Waals surface area contributed by atoms with Crippen molar-refractivity contribution in [1.82, 2.24) is 0 Å². The lowest BCUT2D eigenvalue weighted by Crippen LogP contribution is -2.09. The third-order valence-corrected chi connectivity index (χ3v) is 3.31. The van der Waals surface area contributed by atoms with Crippen molar-refractivity contribution in [2.45, 2.75) is 12.8 Å². The van der Waals surface area contributed by atoms with Crippen LogP contribution in [0.4, 0.5) is 0 Å². The summed E-state index contributed by atoms with van der Waals surface area (Å²) in [5.74, 6) is 1.36. The smallest absolute Gasteiger partial charge is 0.311 e. The fourth-order valence-electron chi connectivity index (χ4n) is 2.08. The molecule has 2 aromatic carbocycles. The molecule has 0 aliphatic rings. The lowest BCUT2D eigenvalue weighted by molar-refractivity contribution is -0.134. The van der Waals surface area contributed by atoms with Crippen LogP contribution in [0.2, 0.25) is 0 Å². The molecule has 2 aromatic rings. The van der Waals surface area contributed by atoms with E-state index >= 15 is 0 Å². The predicted octanol–water partition coefficient (Wildman–Crippen LogP) is 3.05. The van der Waals surface area contributed by atoms with E-state index in [0.717, 1.165) is 11.8 Å². The van der Waals surface area contributed by atoms with Crippen LogP contribution in [0.1, 0.15) is 22.3 Å². The number of methoxy groups -OCH3 is 2. The molecule has 0 bridgehead atoms.